The average molecular weight is 248 g/mol. The number of benzene rings is 2. The van der Waals surface area contributed by atoms with E-state index in [1.54, 1.807) is 0 Å². The first-order valence-corrected chi connectivity index (χ1v) is 5.59. The normalized spacial score (nSPS) is 11.7. The van der Waals surface area contributed by atoms with Crippen LogP contribution in [0.15, 0.2) is 48.5 Å². The van der Waals surface area contributed by atoms with Gasteiger partial charge in [0.2, 0.25) is 0 Å². The van der Waals surface area contributed by atoms with Gasteiger partial charge in [0.1, 0.15) is 0 Å². The molecular formula is C15H18ClN. The fraction of sp³-hybridized carbons (Fsp3) is 0.200. The summed E-state index contributed by atoms with van der Waals surface area (Å²) < 4.78 is 0. The third kappa shape index (κ3) is 3.32. The highest BCUT2D eigenvalue weighted by Crippen LogP contribution is 2.22. The van der Waals surface area contributed by atoms with Gasteiger partial charge in [0.15, 0.2) is 0 Å². The Hall–Kier alpha value is -1.31. The average Bonchev–Trinajstić information content (AvgIpc) is 2.30. The Morgan fingerprint density at radius 2 is 1.59 bits per heavy atom. The van der Waals surface area contributed by atoms with E-state index in [0.29, 0.717) is 0 Å². The number of rotatable bonds is 2. The summed E-state index contributed by atoms with van der Waals surface area (Å²) in [6, 6.07) is 17.1. The molecule has 0 aliphatic carbocycles. The maximum absolute atomic E-state index is 5.88. The van der Waals surface area contributed by atoms with E-state index in [-0.39, 0.29) is 18.4 Å². The molecule has 0 aliphatic heterocycles. The van der Waals surface area contributed by atoms with Crippen molar-refractivity contribution in [1.29, 1.82) is 0 Å². The summed E-state index contributed by atoms with van der Waals surface area (Å²) in [7, 11) is 0. The van der Waals surface area contributed by atoms with Gasteiger partial charge in [-0.2, -0.15) is 0 Å². The Bertz CT molecular complexity index is 475. The van der Waals surface area contributed by atoms with E-state index in [4.69, 9.17) is 5.73 Å². The number of halogens is 1. The molecule has 1 nitrogen and oxygen atoms in total. The maximum Gasteiger partial charge on any atom is 0.0266 e. The van der Waals surface area contributed by atoms with Gasteiger partial charge < -0.3 is 5.73 Å². The minimum Gasteiger partial charge on any atom is -0.324 e. The van der Waals surface area contributed by atoms with E-state index in [1.807, 2.05) is 6.92 Å². The van der Waals surface area contributed by atoms with E-state index in [0.717, 1.165) is 0 Å². The second kappa shape index (κ2) is 5.85. The van der Waals surface area contributed by atoms with Crippen molar-refractivity contribution in [2.75, 3.05) is 0 Å². The summed E-state index contributed by atoms with van der Waals surface area (Å²) in [5.74, 6) is 0. The molecule has 0 aromatic heterocycles. The lowest BCUT2D eigenvalue weighted by Gasteiger charge is -2.08. The van der Waals surface area contributed by atoms with Gasteiger partial charge in [-0.05, 0) is 36.6 Å². The lowest BCUT2D eigenvalue weighted by molar-refractivity contribution is 0.819. The zero-order valence-corrected chi connectivity index (χ0v) is 11.0. The quantitative estimate of drug-likeness (QED) is 0.850. The van der Waals surface area contributed by atoms with Crippen LogP contribution in [-0.4, -0.2) is 0 Å². The Balaban J connectivity index is 0.00000144. The summed E-state index contributed by atoms with van der Waals surface area (Å²) in [5.41, 5.74) is 10.8. The van der Waals surface area contributed by atoms with Crippen LogP contribution < -0.4 is 5.73 Å². The minimum absolute atomic E-state index is 0. The van der Waals surface area contributed by atoms with Gasteiger partial charge in [-0.1, -0.05) is 48.0 Å². The maximum atomic E-state index is 5.88. The van der Waals surface area contributed by atoms with Crippen molar-refractivity contribution >= 4 is 12.4 Å². The molecule has 0 fully saturated rings. The van der Waals surface area contributed by atoms with Gasteiger partial charge in [0.25, 0.3) is 0 Å². The second-order valence-corrected chi connectivity index (χ2v) is 4.28. The summed E-state index contributed by atoms with van der Waals surface area (Å²) >= 11 is 0. The molecule has 1 atom stereocenters. The Morgan fingerprint density at radius 1 is 0.941 bits per heavy atom. The van der Waals surface area contributed by atoms with Crippen LogP contribution in [0.1, 0.15) is 24.1 Å². The molecule has 2 N–H and O–H groups in total. The third-order valence-corrected chi connectivity index (χ3v) is 2.80. The molecule has 0 heterocycles. The number of nitrogens with two attached hydrogens (primary N) is 1. The van der Waals surface area contributed by atoms with Crippen LogP contribution in [0.2, 0.25) is 0 Å². The highest BCUT2D eigenvalue weighted by Gasteiger charge is 2.02. The van der Waals surface area contributed by atoms with Crippen molar-refractivity contribution < 1.29 is 0 Å². The predicted molar refractivity (Wildman–Crippen MR) is 76.5 cm³/mol. The van der Waals surface area contributed by atoms with Crippen molar-refractivity contribution in [3.63, 3.8) is 0 Å². The van der Waals surface area contributed by atoms with Crippen LogP contribution in [0, 0.1) is 6.92 Å². The van der Waals surface area contributed by atoms with Crippen LogP contribution in [-0.2, 0) is 0 Å². The Kier molecular flexibility index (Phi) is 4.73. The van der Waals surface area contributed by atoms with Gasteiger partial charge in [0.05, 0.1) is 0 Å². The van der Waals surface area contributed by atoms with Gasteiger partial charge in [-0.3, -0.25) is 0 Å². The smallest absolute Gasteiger partial charge is 0.0266 e. The van der Waals surface area contributed by atoms with Gasteiger partial charge in [-0.15, -0.1) is 12.4 Å². The van der Waals surface area contributed by atoms with E-state index in [9.17, 15) is 0 Å². The SMILES string of the molecule is Cc1ccc(-c2cccc(C(C)N)c2)cc1.Cl. The molecule has 2 aromatic rings. The highest BCUT2D eigenvalue weighted by molar-refractivity contribution is 5.85. The third-order valence-electron chi connectivity index (χ3n) is 2.80. The molecule has 0 spiro atoms. The molecule has 1 unspecified atom stereocenters. The minimum atomic E-state index is 0. The van der Waals surface area contributed by atoms with E-state index in [2.05, 4.69) is 55.5 Å². The zero-order chi connectivity index (χ0) is 11.5. The molecule has 2 aromatic carbocycles. The molecule has 0 aliphatic rings. The van der Waals surface area contributed by atoms with Gasteiger partial charge >= 0.3 is 0 Å². The second-order valence-electron chi connectivity index (χ2n) is 4.28. The molecule has 0 radical (unpaired) electrons. The van der Waals surface area contributed by atoms with Crippen LogP contribution in [0.5, 0.6) is 0 Å². The van der Waals surface area contributed by atoms with Crippen molar-refractivity contribution in [2.45, 2.75) is 19.9 Å². The number of hydrogen-bond acceptors (Lipinski definition) is 1. The lowest BCUT2D eigenvalue weighted by Crippen LogP contribution is -2.04. The molecule has 2 rings (SSSR count). The van der Waals surface area contributed by atoms with Crippen LogP contribution in [0.3, 0.4) is 0 Å². The van der Waals surface area contributed by atoms with E-state index >= 15 is 0 Å². The predicted octanol–water partition coefficient (Wildman–Crippen LogP) is 4.10. The molecule has 0 saturated heterocycles. The molecule has 0 saturated carbocycles. The molecule has 17 heavy (non-hydrogen) atoms. The van der Waals surface area contributed by atoms with Gasteiger partial charge in [-0.25, -0.2) is 0 Å². The summed E-state index contributed by atoms with van der Waals surface area (Å²) in [6.45, 7) is 4.11. The van der Waals surface area contributed by atoms with Crippen LogP contribution in [0.25, 0.3) is 11.1 Å². The fourth-order valence-corrected chi connectivity index (χ4v) is 1.75. The van der Waals surface area contributed by atoms with Gasteiger partial charge in [0, 0.05) is 6.04 Å². The lowest BCUT2D eigenvalue weighted by atomic mass is 10.00. The Labute approximate surface area is 109 Å². The van der Waals surface area contributed by atoms with E-state index in [1.165, 1.54) is 22.3 Å². The van der Waals surface area contributed by atoms with Crippen LogP contribution in [0.4, 0.5) is 0 Å². The first-order chi connectivity index (χ1) is 7.66. The van der Waals surface area contributed by atoms with E-state index < -0.39 is 0 Å². The van der Waals surface area contributed by atoms with Crippen LogP contribution >= 0.6 is 12.4 Å². The molecular weight excluding hydrogens is 230 g/mol. The monoisotopic (exact) mass is 247 g/mol. The van der Waals surface area contributed by atoms with Crippen molar-refractivity contribution in [2.24, 2.45) is 5.73 Å². The largest absolute Gasteiger partial charge is 0.324 e. The fourth-order valence-electron chi connectivity index (χ4n) is 1.75. The number of hydrogen-bond donors (Lipinski definition) is 1. The molecule has 0 bridgehead atoms. The summed E-state index contributed by atoms with van der Waals surface area (Å²) in [4.78, 5) is 0. The number of aryl methyl sites for hydroxylation is 1. The first kappa shape index (κ1) is 13.8. The molecule has 90 valence electrons. The molecule has 2 heteroatoms. The Morgan fingerprint density at radius 3 is 2.18 bits per heavy atom. The van der Waals surface area contributed by atoms with Crippen molar-refractivity contribution in [3.05, 3.63) is 59.7 Å². The standard InChI is InChI=1S/C15H17N.ClH/c1-11-6-8-13(9-7-11)15-5-3-4-14(10-15)12(2)16;/h3-10,12H,16H2,1-2H3;1H. The van der Waals surface area contributed by atoms with Crippen molar-refractivity contribution in [3.8, 4) is 11.1 Å². The topological polar surface area (TPSA) is 26.0 Å². The van der Waals surface area contributed by atoms with Crippen molar-refractivity contribution in [1.82, 2.24) is 0 Å². The zero-order valence-electron chi connectivity index (χ0n) is 10.2. The summed E-state index contributed by atoms with van der Waals surface area (Å²) in [5, 5.41) is 0. The first-order valence-electron chi connectivity index (χ1n) is 5.59. The summed E-state index contributed by atoms with van der Waals surface area (Å²) in [6.07, 6.45) is 0. The highest BCUT2D eigenvalue weighted by atomic mass is 35.5. The molecule has 0 amide bonds.